The number of primary amides is 1. The summed E-state index contributed by atoms with van der Waals surface area (Å²) in [6.45, 7) is -0.436. The van der Waals surface area contributed by atoms with Crippen LogP contribution in [0.3, 0.4) is 0 Å². The highest BCUT2D eigenvalue weighted by molar-refractivity contribution is 7.80. The number of rotatable bonds is 3. The molecule has 0 atom stereocenters. The molecular formula is C11H9N3O4S. The number of carbonyl (C=O) groups excluding carboxylic acids is 3. The molecule has 98 valence electrons. The number of nitrogens with zero attached hydrogens (tertiary/aromatic N) is 1. The number of thiocarbonyl (C=S) groups is 1. The monoisotopic (exact) mass is 279 g/mol. The second-order valence-electron chi connectivity index (χ2n) is 3.65. The van der Waals surface area contributed by atoms with E-state index in [4.69, 9.17) is 22.7 Å². The van der Waals surface area contributed by atoms with Gasteiger partial charge in [0.25, 0.3) is 22.9 Å². The van der Waals surface area contributed by atoms with E-state index in [-0.39, 0.29) is 16.3 Å². The fourth-order valence-electron chi connectivity index (χ4n) is 1.55. The summed E-state index contributed by atoms with van der Waals surface area (Å²) in [5.74, 6) is -1.79. The summed E-state index contributed by atoms with van der Waals surface area (Å²) in [7, 11) is 0. The minimum atomic E-state index is -0.716. The van der Waals surface area contributed by atoms with Gasteiger partial charge in [-0.25, -0.2) is 5.43 Å². The zero-order valence-electron chi connectivity index (χ0n) is 9.58. The number of hydrazine groups is 1. The van der Waals surface area contributed by atoms with Gasteiger partial charge in [-0.15, -0.1) is 0 Å². The largest absolute Gasteiger partial charge is 0.460 e. The van der Waals surface area contributed by atoms with Crippen LogP contribution in [0.2, 0.25) is 0 Å². The molecule has 1 heterocycles. The van der Waals surface area contributed by atoms with Gasteiger partial charge in [0.15, 0.2) is 6.61 Å². The quantitative estimate of drug-likeness (QED) is 0.575. The molecule has 0 radical (unpaired) electrons. The molecule has 1 aliphatic heterocycles. The lowest BCUT2D eigenvalue weighted by molar-refractivity contribution is -0.120. The van der Waals surface area contributed by atoms with Gasteiger partial charge in [0.05, 0.1) is 11.1 Å². The Kier molecular flexibility index (Phi) is 3.43. The predicted octanol–water partition coefficient (Wildman–Crippen LogP) is -0.426. The Morgan fingerprint density at radius 1 is 1.26 bits per heavy atom. The van der Waals surface area contributed by atoms with E-state index in [2.05, 4.69) is 5.43 Å². The van der Waals surface area contributed by atoms with Gasteiger partial charge in [0.1, 0.15) is 0 Å². The third-order valence-corrected chi connectivity index (χ3v) is 2.55. The van der Waals surface area contributed by atoms with Crippen molar-refractivity contribution in [1.82, 2.24) is 10.4 Å². The molecule has 1 aliphatic rings. The molecule has 8 heteroatoms. The second kappa shape index (κ2) is 5.02. The van der Waals surface area contributed by atoms with Crippen LogP contribution in [0.15, 0.2) is 24.3 Å². The number of nitrogens with one attached hydrogen (secondary N) is 1. The molecular weight excluding hydrogens is 270 g/mol. The van der Waals surface area contributed by atoms with E-state index in [0.29, 0.717) is 0 Å². The van der Waals surface area contributed by atoms with Crippen molar-refractivity contribution in [3.63, 3.8) is 0 Å². The summed E-state index contributed by atoms with van der Waals surface area (Å²) >= 11 is 4.74. The van der Waals surface area contributed by atoms with Crippen molar-refractivity contribution < 1.29 is 19.1 Å². The molecule has 0 unspecified atom stereocenters. The maximum absolute atomic E-state index is 11.9. The highest BCUT2D eigenvalue weighted by Crippen LogP contribution is 2.20. The lowest BCUT2D eigenvalue weighted by Crippen LogP contribution is -2.46. The number of carbonyl (C=O) groups is 3. The number of fused-ring (bicyclic) bond motifs is 1. The van der Waals surface area contributed by atoms with Crippen LogP contribution in [-0.4, -0.2) is 34.5 Å². The lowest BCUT2D eigenvalue weighted by Gasteiger charge is -2.16. The average Bonchev–Trinajstić information content (AvgIpc) is 2.62. The van der Waals surface area contributed by atoms with Crippen molar-refractivity contribution >= 4 is 35.1 Å². The second-order valence-corrected chi connectivity index (χ2v) is 4.02. The van der Waals surface area contributed by atoms with E-state index < -0.39 is 24.3 Å². The number of amides is 3. The molecule has 1 aromatic carbocycles. The van der Waals surface area contributed by atoms with Crippen molar-refractivity contribution in [2.75, 3.05) is 6.61 Å². The van der Waals surface area contributed by atoms with Gasteiger partial charge in [0, 0.05) is 0 Å². The Hall–Kier alpha value is -2.48. The number of imide groups is 1. The van der Waals surface area contributed by atoms with Crippen molar-refractivity contribution in [2.45, 2.75) is 0 Å². The first-order valence-electron chi connectivity index (χ1n) is 5.20. The minimum Gasteiger partial charge on any atom is -0.460 e. The number of benzene rings is 1. The van der Waals surface area contributed by atoms with Crippen LogP contribution in [0.1, 0.15) is 20.7 Å². The van der Waals surface area contributed by atoms with Crippen LogP contribution >= 0.6 is 12.2 Å². The number of hydrogen-bond donors (Lipinski definition) is 2. The van der Waals surface area contributed by atoms with Crippen LogP contribution < -0.4 is 11.2 Å². The summed E-state index contributed by atoms with van der Waals surface area (Å²) in [5.41, 5.74) is 7.74. The summed E-state index contributed by atoms with van der Waals surface area (Å²) in [6, 6.07) is 6.36. The highest BCUT2D eigenvalue weighted by Gasteiger charge is 2.36. The fraction of sp³-hybridized carbons (Fsp3) is 0.0909. The Labute approximate surface area is 113 Å². The molecule has 1 aromatic rings. The van der Waals surface area contributed by atoms with Gasteiger partial charge in [-0.3, -0.25) is 14.4 Å². The van der Waals surface area contributed by atoms with Gasteiger partial charge in [-0.05, 0) is 24.4 Å². The lowest BCUT2D eigenvalue weighted by atomic mass is 10.1. The Morgan fingerprint density at radius 3 is 2.26 bits per heavy atom. The smallest absolute Gasteiger partial charge is 0.280 e. The summed E-state index contributed by atoms with van der Waals surface area (Å²) in [4.78, 5) is 34.3. The molecule has 0 fully saturated rings. The molecule has 0 saturated carbocycles. The van der Waals surface area contributed by atoms with E-state index >= 15 is 0 Å². The maximum atomic E-state index is 11.9. The number of ether oxygens (including phenoxy) is 1. The molecule has 3 N–H and O–H groups in total. The fourth-order valence-corrected chi connectivity index (χ4v) is 1.70. The van der Waals surface area contributed by atoms with Crippen LogP contribution in [0, 0.1) is 0 Å². The van der Waals surface area contributed by atoms with Crippen LogP contribution in [0.4, 0.5) is 0 Å². The minimum absolute atomic E-state index is 0.276. The third kappa shape index (κ3) is 2.52. The zero-order valence-corrected chi connectivity index (χ0v) is 10.4. The van der Waals surface area contributed by atoms with E-state index in [0.717, 1.165) is 5.01 Å². The van der Waals surface area contributed by atoms with Crippen LogP contribution in [0.5, 0.6) is 0 Å². The Balaban J connectivity index is 2.08. The number of hydrogen-bond acceptors (Lipinski definition) is 5. The SMILES string of the molecule is NC(=O)COC(=S)NN1C(=O)c2ccccc2C1=O. The van der Waals surface area contributed by atoms with Crippen LogP contribution in [-0.2, 0) is 9.53 Å². The van der Waals surface area contributed by atoms with Crippen molar-refractivity contribution in [1.29, 1.82) is 0 Å². The predicted molar refractivity (Wildman–Crippen MR) is 67.8 cm³/mol. The summed E-state index contributed by atoms with van der Waals surface area (Å²) in [6.07, 6.45) is 0. The summed E-state index contributed by atoms with van der Waals surface area (Å²) in [5, 5.41) is 0.446. The van der Waals surface area contributed by atoms with E-state index in [1.807, 2.05) is 0 Å². The van der Waals surface area contributed by atoms with Crippen molar-refractivity contribution in [3.8, 4) is 0 Å². The molecule has 3 amide bonds. The highest BCUT2D eigenvalue weighted by atomic mass is 32.1. The number of nitrogens with two attached hydrogens (primary N) is 1. The average molecular weight is 279 g/mol. The first kappa shape index (κ1) is 13.0. The Morgan fingerprint density at radius 2 is 1.79 bits per heavy atom. The van der Waals surface area contributed by atoms with Gasteiger partial charge < -0.3 is 10.5 Å². The molecule has 0 bridgehead atoms. The molecule has 19 heavy (non-hydrogen) atoms. The van der Waals surface area contributed by atoms with Gasteiger partial charge in [-0.1, -0.05) is 12.1 Å². The molecule has 0 aromatic heterocycles. The standard InChI is InChI=1S/C11H9N3O4S/c12-8(15)5-18-11(19)13-14-9(16)6-3-1-2-4-7(6)10(14)17/h1-4H,5H2,(H2,12,15)(H,13,19). The van der Waals surface area contributed by atoms with Gasteiger partial charge >= 0.3 is 0 Å². The molecule has 0 spiro atoms. The van der Waals surface area contributed by atoms with Gasteiger partial charge in [0.2, 0.25) is 0 Å². The van der Waals surface area contributed by atoms with Gasteiger partial charge in [-0.2, -0.15) is 5.01 Å². The molecule has 0 saturated heterocycles. The van der Waals surface area contributed by atoms with E-state index in [1.165, 1.54) is 12.1 Å². The van der Waals surface area contributed by atoms with Crippen molar-refractivity contribution in [2.24, 2.45) is 5.73 Å². The zero-order chi connectivity index (χ0) is 14.0. The third-order valence-electron chi connectivity index (χ3n) is 2.34. The normalized spacial score (nSPS) is 13.2. The maximum Gasteiger partial charge on any atom is 0.280 e. The molecule has 2 rings (SSSR count). The summed E-state index contributed by atoms with van der Waals surface area (Å²) < 4.78 is 4.76. The van der Waals surface area contributed by atoms with Crippen LogP contribution in [0.25, 0.3) is 0 Å². The topological polar surface area (TPSA) is 102 Å². The van der Waals surface area contributed by atoms with E-state index in [9.17, 15) is 14.4 Å². The first-order chi connectivity index (χ1) is 9.00. The molecule has 7 nitrogen and oxygen atoms in total. The van der Waals surface area contributed by atoms with Crippen molar-refractivity contribution in [3.05, 3.63) is 35.4 Å². The van der Waals surface area contributed by atoms with E-state index in [1.54, 1.807) is 12.1 Å². The first-order valence-corrected chi connectivity index (χ1v) is 5.61. The molecule has 0 aliphatic carbocycles. The Bertz CT molecular complexity index is 552.